The van der Waals surface area contributed by atoms with E-state index in [0.29, 0.717) is 0 Å². The molecule has 0 saturated heterocycles. The van der Waals surface area contributed by atoms with Crippen LogP contribution in [0.5, 0.6) is 0 Å². The Labute approximate surface area is 83.1 Å². The van der Waals surface area contributed by atoms with Crippen molar-refractivity contribution in [3.8, 4) is 0 Å². The van der Waals surface area contributed by atoms with Gasteiger partial charge in [0.2, 0.25) is 0 Å². The van der Waals surface area contributed by atoms with Crippen molar-refractivity contribution in [1.82, 2.24) is 5.32 Å². The van der Waals surface area contributed by atoms with Gasteiger partial charge in [-0.1, -0.05) is 30.3 Å². The number of aliphatic carboxylic acids is 1. The number of carboxylic acid groups (broad SMARTS) is 1. The molecule has 14 heavy (non-hydrogen) atoms. The van der Waals surface area contributed by atoms with Crippen LogP contribution in [0.2, 0.25) is 0 Å². The molecule has 0 fully saturated rings. The number of carboxylic acids is 1. The Bertz CT molecular complexity index is 319. The molecular formula is C11H13NO2. The van der Waals surface area contributed by atoms with Crippen LogP contribution >= 0.6 is 0 Å². The van der Waals surface area contributed by atoms with Crippen LogP contribution in [-0.2, 0) is 4.79 Å². The Hall–Kier alpha value is -1.77. The number of hydrogen-bond acceptors (Lipinski definition) is 2. The molecule has 0 aliphatic rings. The van der Waals surface area contributed by atoms with E-state index in [1.165, 1.54) is 0 Å². The molecule has 0 aliphatic heterocycles. The third-order valence-electron chi connectivity index (χ3n) is 1.79. The van der Waals surface area contributed by atoms with E-state index in [0.717, 1.165) is 5.56 Å². The van der Waals surface area contributed by atoms with E-state index in [1.807, 2.05) is 36.4 Å². The van der Waals surface area contributed by atoms with Crippen LogP contribution in [0.25, 0.3) is 6.08 Å². The molecule has 3 nitrogen and oxygen atoms in total. The summed E-state index contributed by atoms with van der Waals surface area (Å²) in [6.45, 7) is 1.59. The molecule has 1 unspecified atom stereocenters. The number of rotatable bonds is 4. The van der Waals surface area contributed by atoms with E-state index in [9.17, 15) is 4.79 Å². The van der Waals surface area contributed by atoms with E-state index in [-0.39, 0.29) is 0 Å². The van der Waals surface area contributed by atoms with Gasteiger partial charge in [-0.15, -0.1) is 0 Å². The minimum atomic E-state index is -0.859. The molecule has 1 atom stereocenters. The summed E-state index contributed by atoms with van der Waals surface area (Å²) >= 11 is 0. The van der Waals surface area contributed by atoms with Gasteiger partial charge in [-0.3, -0.25) is 4.79 Å². The van der Waals surface area contributed by atoms with Crippen molar-refractivity contribution in [2.24, 2.45) is 0 Å². The first-order valence-corrected chi connectivity index (χ1v) is 4.40. The number of nitrogens with one attached hydrogen (secondary N) is 1. The molecular weight excluding hydrogens is 178 g/mol. The summed E-state index contributed by atoms with van der Waals surface area (Å²) in [5.41, 5.74) is 1.04. The molecule has 2 N–H and O–H groups in total. The van der Waals surface area contributed by atoms with Crippen LogP contribution in [0.15, 0.2) is 36.5 Å². The van der Waals surface area contributed by atoms with Gasteiger partial charge in [0.1, 0.15) is 6.04 Å². The van der Waals surface area contributed by atoms with Crippen LogP contribution in [-0.4, -0.2) is 17.1 Å². The highest BCUT2D eigenvalue weighted by molar-refractivity contribution is 5.73. The van der Waals surface area contributed by atoms with E-state index in [1.54, 1.807) is 13.1 Å². The standard InChI is InChI=1S/C11H13NO2/c1-9(11(13)14)12-8-7-10-5-3-2-4-6-10/h2-9,12H,1H3,(H,13,14). The Morgan fingerprint density at radius 1 is 1.43 bits per heavy atom. The minimum absolute atomic E-state index is 0.560. The Balaban J connectivity index is 2.46. The molecule has 0 aliphatic carbocycles. The molecule has 1 rings (SSSR count). The van der Waals surface area contributed by atoms with Crippen molar-refractivity contribution < 1.29 is 9.90 Å². The van der Waals surface area contributed by atoms with Gasteiger partial charge in [0.25, 0.3) is 0 Å². The van der Waals surface area contributed by atoms with Crippen molar-refractivity contribution in [3.63, 3.8) is 0 Å². The molecule has 1 aromatic carbocycles. The number of hydrogen-bond donors (Lipinski definition) is 2. The largest absolute Gasteiger partial charge is 0.480 e. The van der Waals surface area contributed by atoms with Crippen molar-refractivity contribution in [3.05, 3.63) is 42.1 Å². The maximum atomic E-state index is 10.4. The van der Waals surface area contributed by atoms with Crippen LogP contribution in [0, 0.1) is 0 Å². The molecule has 0 saturated carbocycles. The molecule has 0 radical (unpaired) electrons. The average Bonchev–Trinajstić information content (AvgIpc) is 2.19. The first-order valence-electron chi connectivity index (χ1n) is 4.40. The summed E-state index contributed by atoms with van der Waals surface area (Å²) in [5, 5.41) is 11.3. The van der Waals surface area contributed by atoms with E-state index in [4.69, 9.17) is 5.11 Å². The third-order valence-corrected chi connectivity index (χ3v) is 1.79. The molecule has 0 spiro atoms. The first kappa shape index (κ1) is 10.3. The SMILES string of the molecule is CC(NC=Cc1ccccc1)C(=O)O. The lowest BCUT2D eigenvalue weighted by Gasteiger charge is -2.04. The highest BCUT2D eigenvalue weighted by atomic mass is 16.4. The zero-order valence-electron chi connectivity index (χ0n) is 7.97. The Morgan fingerprint density at radius 3 is 2.64 bits per heavy atom. The van der Waals surface area contributed by atoms with Crippen LogP contribution in [0.4, 0.5) is 0 Å². The predicted octanol–water partition coefficient (Wildman–Crippen LogP) is 1.72. The summed E-state index contributed by atoms with van der Waals surface area (Å²) in [5.74, 6) is -0.859. The second kappa shape index (κ2) is 5.07. The fourth-order valence-electron chi connectivity index (χ4n) is 0.924. The lowest BCUT2D eigenvalue weighted by molar-refractivity contribution is -0.138. The van der Waals surface area contributed by atoms with Crippen molar-refractivity contribution in [2.75, 3.05) is 0 Å². The molecule has 0 bridgehead atoms. The zero-order chi connectivity index (χ0) is 10.4. The van der Waals surface area contributed by atoms with Crippen LogP contribution in [0.1, 0.15) is 12.5 Å². The van der Waals surface area contributed by atoms with E-state index in [2.05, 4.69) is 5.32 Å². The molecule has 0 aromatic heterocycles. The van der Waals surface area contributed by atoms with Gasteiger partial charge in [0.15, 0.2) is 0 Å². The summed E-state index contributed by atoms with van der Waals surface area (Å²) in [6, 6.07) is 9.13. The smallest absolute Gasteiger partial charge is 0.325 e. The molecule has 0 heterocycles. The summed E-state index contributed by atoms with van der Waals surface area (Å²) in [6.07, 6.45) is 3.48. The second-order valence-electron chi connectivity index (χ2n) is 2.97. The number of benzene rings is 1. The van der Waals surface area contributed by atoms with Crippen molar-refractivity contribution in [1.29, 1.82) is 0 Å². The Morgan fingerprint density at radius 2 is 2.07 bits per heavy atom. The molecule has 3 heteroatoms. The number of carbonyl (C=O) groups is 1. The van der Waals surface area contributed by atoms with Gasteiger partial charge in [-0.05, 0) is 24.8 Å². The highest BCUT2D eigenvalue weighted by Crippen LogP contribution is 1.99. The fourth-order valence-corrected chi connectivity index (χ4v) is 0.924. The fraction of sp³-hybridized carbons (Fsp3) is 0.182. The summed E-state index contributed by atoms with van der Waals surface area (Å²) < 4.78 is 0. The highest BCUT2D eigenvalue weighted by Gasteiger charge is 2.05. The normalized spacial score (nSPS) is 12.6. The lowest BCUT2D eigenvalue weighted by Crippen LogP contribution is -2.29. The third kappa shape index (κ3) is 3.31. The first-order chi connectivity index (χ1) is 6.70. The van der Waals surface area contributed by atoms with Crippen molar-refractivity contribution in [2.45, 2.75) is 13.0 Å². The van der Waals surface area contributed by atoms with Gasteiger partial charge in [0.05, 0.1) is 0 Å². The van der Waals surface area contributed by atoms with Crippen molar-refractivity contribution >= 4 is 12.0 Å². The predicted molar refractivity (Wildman–Crippen MR) is 55.7 cm³/mol. The monoisotopic (exact) mass is 191 g/mol. The minimum Gasteiger partial charge on any atom is -0.480 e. The molecule has 74 valence electrons. The van der Waals surface area contributed by atoms with Gasteiger partial charge >= 0.3 is 5.97 Å². The quantitative estimate of drug-likeness (QED) is 0.761. The molecule has 0 amide bonds. The molecule has 1 aromatic rings. The maximum Gasteiger partial charge on any atom is 0.325 e. The zero-order valence-corrected chi connectivity index (χ0v) is 7.97. The summed E-state index contributed by atoms with van der Waals surface area (Å²) in [7, 11) is 0. The van der Waals surface area contributed by atoms with Crippen LogP contribution < -0.4 is 5.32 Å². The average molecular weight is 191 g/mol. The Kier molecular flexibility index (Phi) is 3.73. The van der Waals surface area contributed by atoms with Gasteiger partial charge < -0.3 is 10.4 Å². The van der Waals surface area contributed by atoms with Crippen LogP contribution in [0.3, 0.4) is 0 Å². The van der Waals surface area contributed by atoms with Gasteiger partial charge in [0, 0.05) is 0 Å². The topological polar surface area (TPSA) is 49.3 Å². The lowest BCUT2D eigenvalue weighted by atomic mass is 10.2. The van der Waals surface area contributed by atoms with Gasteiger partial charge in [-0.2, -0.15) is 0 Å². The maximum absolute atomic E-state index is 10.4. The van der Waals surface area contributed by atoms with Gasteiger partial charge in [-0.25, -0.2) is 0 Å². The second-order valence-corrected chi connectivity index (χ2v) is 2.97. The summed E-state index contributed by atoms with van der Waals surface area (Å²) in [4.78, 5) is 10.4. The van der Waals surface area contributed by atoms with E-state index >= 15 is 0 Å². The van der Waals surface area contributed by atoms with E-state index < -0.39 is 12.0 Å².